The molecule has 0 fully saturated rings. The van der Waals surface area contributed by atoms with Crippen molar-refractivity contribution in [1.29, 1.82) is 0 Å². The standard InChI is InChI=1S/C9H10F2N2O/c1-13-8(9(12)14)6-3-2-5(10)4-7(6)11/h2-4,8,13H,1H3,(H2,12,14). The minimum absolute atomic E-state index is 0.0430. The number of likely N-dealkylation sites (N-methyl/N-ethyl adjacent to an activating group) is 1. The summed E-state index contributed by atoms with van der Waals surface area (Å²) >= 11 is 0. The third-order valence-corrected chi connectivity index (χ3v) is 1.85. The van der Waals surface area contributed by atoms with Gasteiger partial charge in [0.2, 0.25) is 5.91 Å². The first-order valence-corrected chi connectivity index (χ1v) is 3.97. The topological polar surface area (TPSA) is 55.1 Å². The maximum atomic E-state index is 13.2. The van der Waals surface area contributed by atoms with Crippen molar-refractivity contribution in [2.45, 2.75) is 6.04 Å². The van der Waals surface area contributed by atoms with E-state index in [9.17, 15) is 13.6 Å². The van der Waals surface area contributed by atoms with Crippen LogP contribution in [0.15, 0.2) is 18.2 Å². The lowest BCUT2D eigenvalue weighted by atomic mass is 10.1. The molecule has 0 aromatic heterocycles. The summed E-state index contributed by atoms with van der Waals surface area (Å²) in [6, 6.07) is 2.04. The van der Waals surface area contributed by atoms with Gasteiger partial charge in [0.25, 0.3) is 0 Å². The highest BCUT2D eigenvalue weighted by molar-refractivity contribution is 5.81. The summed E-state index contributed by atoms with van der Waals surface area (Å²) < 4.78 is 25.7. The van der Waals surface area contributed by atoms with E-state index in [0.29, 0.717) is 6.07 Å². The van der Waals surface area contributed by atoms with Crippen LogP contribution in [-0.4, -0.2) is 13.0 Å². The number of nitrogens with one attached hydrogen (secondary N) is 1. The Balaban J connectivity index is 3.10. The molecule has 1 aromatic carbocycles. The molecule has 0 aliphatic heterocycles. The normalized spacial score (nSPS) is 12.5. The second-order valence-electron chi connectivity index (χ2n) is 2.79. The quantitative estimate of drug-likeness (QED) is 0.755. The molecule has 0 spiro atoms. The van der Waals surface area contributed by atoms with Crippen molar-refractivity contribution < 1.29 is 13.6 Å². The van der Waals surface area contributed by atoms with Crippen molar-refractivity contribution in [2.75, 3.05) is 7.05 Å². The average molecular weight is 200 g/mol. The molecule has 1 unspecified atom stereocenters. The first-order valence-electron chi connectivity index (χ1n) is 3.97. The van der Waals surface area contributed by atoms with Crippen LogP contribution in [0.1, 0.15) is 11.6 Å². The molecule has 3 nitrogen and oxygen atoms in total. The molecule has 0 aliphatic carbocycles. The van der Waals surface area contributed by atoms with Crippen molar-refractivity contribution in [3.05, 3.63) is 35.4 Å². The molecule has 76 valence electrons. The van der Waals surface area contributed by atoms with E-state index in [0.717, 1.165) is 6.07 Å². The number of rotatable bonds is 3. The fourth-order valence-electron chi connectivity index (χ4n) is 1.19. The Morgan fingerprint density at radius 1 is 1.50 bits per heavy atom. The van der Waals surface area contributed by atoms with E-state index in [4.69, 9.17) is 5.73 Å². The number of primary amides is 1. The van der Waals surface area contributed by atoms with E-state index in [2.05, 4.69) is 5.32 Å². The van der Waals surface area contributed by atoms with E-state index < -0.39 is 23.6 Å². The molecule has 1 amide bonds. The molecule has 0 aliphatic rings. The largest absolute Gasteiger partial charge is 0.368 e. The lowest BCUT2D eigenvalue weighted by Gasteiger charge is -2.13. The van der Waals surface area contributed by atoms with Gasteiger partial charge in [0.05, 0.1) is 0 Å². The van der Waals surface area contributed by atoms with Crippen LogP contribution in [0, 0.1) is 11.6 Å². The van der Waals surface area contributed by atoms with Gasteiger partial charge in [0.15, 0.2) is 0 Å². The molecule has 1 atom stereocenters. The fourth-order valence-corrected chi connectivity index (χ4v) is 1.19. The maximum Gasteiger partial charge on any atom is 0.239 e. The lowest BCUT2D eigenvalue weighted by Crippen LogP contribution is -2.31. The van der Waals surface area contributed by atoms with Gasteiger partial charge in [0.1, 0.15) is 17.7 Å². The second kappa shape index (κ2) is 4.15. The molecule has 14 heavy (non-hydrogen) atoms. The SMILES string of the molecule is CNC(C(N)=O)c1ccc(F)cc1F. The molecule has 0 radical (unpaired) electrons. The van der Waals surface area contributed by atoms with E-state index in [1.807, 2.05) is 0 Å². The molecule has 1 aromatic rings. The van der Waals surface area contributed by atoms with Crippen molar-refractivity contribution >= 4 is 5.91 Å². The van der Waals surface area contributed by atoms with Gasteiger partial charge in [-0.15, -0.1) is 0 Å². The second-order valence-corrected chi connectivity index (χ2v) is 2.79. The third-order valence-electron chi connectivity index (χ3n) is 1.85. The fraction of sp³-hybridized carbons (Fsp3) is 0.222. The summed E-state index contributed by atoms with van der Waals surface area (Å²) in [7, 11) is 1.47. The van der Waals surface area contributed by atoms with Crippen LogP contribution in [0.25, 0.3) is 0 Å². The first kappa shape index (κ1) is 10.6. The molecular weight excluding hydrogens is 190 g/mol. The zero-order chi connectivity index (χ0) is 10.7. The van der Waals surface area contributed by atoms with Crippen molar-refractivity contribution in [3.63, 3.8) is 0 Å². The Morgan fingerprint density at radius 2 is 2.14 bits per heavy atom. The molecule has 0 bridgehead atoms. The van der Waals surface area contributed by atoms with Gasteiger partial charge in [-0.1, -0.05) is 6.07 Å². The molecule has 0 saturated heterocycles. The molecular formula is C9H10F2N2O. The van der Waals surface area contributed by atoms with E-state index in [1.165, 1.54) is 13.1 Å². The van der Waals surface area contributed by atoms with E-state index in [-0.39, 0.29) is 5.56 Å². The van der Waals surface area contributed by atoms with Crippen LogP contribution in [0.2, 0.25) is 0 Å². The number of nitrogens with two attached hydrogens (primary N) is 1. The predicted octanol–water partition coefficient (Wildman–Crippen LogP) is 0.711. The van der Waals surface area contributed by atoms with Crippen molar-refractivity contribution in [1.82, 2.24) is 5.32 Å². The first-order chi connectivity index (χ1) is 6.56. The summed E-state index contributed by atoms with van der Waals surface area (Å²) in [5.74, 6) is -2.19. The van der Waals surface area contributed by atoms with Crippen molar-refractivity contribution in [3.8, 4) is 0 Å². The maximum absolute atomic E-state index is 13.2. The van der Waals surface area contributed by atoms with E-state index >= 15 is 0 Å². The molecule has 0 heterocycles. The van der Waals surface area contributed by atoms with Crippen LogP contribution < -0.4 is 11.1 Å². The summed E-state index contributed by atoms with van der Waals surface area (Å²) in [6.45, 7) is 0. The highest BCUT2D eigenvalue weighted by Gasteiger charge is 2.19. The minimum Gasteiger partial charge on any atom is -0.368 e. The number of hydrogen-bond acceptors (Lipinski definition) is 2. The third kappa shape index (κ3) is 2.05. The summed E-state index contributed by atoms with van der Waals surface area (Å²) in [5.41, 5.74) is 5.07. The van der Waals surface area contributed by atoms with Gasteiger partial charge in [-0.3, -0.25) is 4.79 Å². The molecule has 3 N–H and O–H groups in total. The van der Waals surface area contributed by atoms with E-state index in [1.54, 1.807) is 0 Å². The van der Waals surface area contributed by atoms with Crippen LogP contribution in [0.3, 0.4) is 0 Å². The van der Waals surface area contributed by atoms with Gasteiger partial charge < -0.3 is 11.1 Å². The predicted molar refractivity (Wildman–Crippen MR) is 47.4 cm³/mol. The van der Waals surface area contributed by atoms with Gasteiger partial charge in [-0.05, 0) is 13.1 Å². The average Bonchev–Trinajstić information content (AvgIpc) is 2.09. The molecule has 1 rings (SSSR count). The Kier molecular flexibility index (Phi) is 3.14. The smallest absolute Gasteiger partial charge is 0.239 e. The molecule has 0 saturated carbocycles. The summed E-state index contributed by atoms with van der Waals surface area (Å²) in [5, 5.41) is 2.54. The lowest BCUT2D eigenvalue weighted by molar-refractivity contribution is -0.120. The number of carbonyl (C=O) groups excluding carboxylic acids is 1. The van der Waals surface area contributed by atoms with Gasteiger partial charge in [-0.25, -0.2) is 8.78 Å². The van der Waals surface area contributed by atoms with Gasteiger partial charge in [-0.2, -0.15) is 0 Å². The number of benzene rings is 1. The number of carbonyl (C=O) groups is 1. The minimum atomic E-state index is -0.935. The Bertz CT molecular complexity index is 355. The van der Waals surface area contributed by atoms with Gasteiger partial charge >= 0.3 is 0 Å². The van der Waals surface area contributed by atoms with Crippen LogP contribution in [0.5, 0.6) is 0 Å². The summed E-state index contributed by atoms with van der Waals surface area (Å²) in [6.07, 6.45) is 0. The number of hydrogen-bond donors (Lipinski definition) is 2. The van der Waals surface area contributed by atoms with Gasteiger partial charge in [0, 0.05) is 11.6 Å². The zero-order valence-electron chi connectivity index (χ0n) is 7.55. The molecule has 5 heteroatoms. The van der Waals surface area contributed by atoms with Crippen LogP contribution in [0.4, 0.5) is 8.78 Å². The Morgan fingerprint density at radius 3 is 2.57 bits per heavy atom. The highest BCUT2D eigenvalue weighted by Crippen LogP contribution is 2.17. The highest BCUT2D eigenvalue weighted by atomic mass is 19.1. The number of halogens is 2. The Labute approximate surface area is 79.9 Å². The Hall–Kier alpha value is -1.49. The van der Waals surface area contributed by atoms with Crippen molar-refractivity contribution in [2.24, 2.45) is 5.73 Å². The monoisotopic (exact) mass is 200 g/mol. The zero-order valence-corrected chi connectivity index (χ0v) is 7.55. The van der Waals surface area contributed by atoms with Crippen LogP contribution in [-0.2, 0) is 4.79 Å². The summed E-state index contributed by atoms with van der Waals surface area (Å²) in [4.78, 5) is 10.9. The number of amides is 1. The van der Waals surface area contributed by atoms with Crippen LogP contribution >= 0.6 is 0 Å².